The van der Waals surface area contributed by atoms with Crippen LogP contribution in [0.3, 0.4) is 0 Å². The Labute approximate surface area is 94.1 Å². The summed E-state index contributed by atoms with van der Waals surface area (Å²) in [4.78, 5) is 0. The standard InChI is InChI=1S/C15H24/c1-11-10-15-9-6-12(11)14(15,4)8-5-7-13(15,2)3/h12H,1,5-10H2,2-4H3/t12-,14-,15+/m1/s1. The van der Waals surface area contributed by atoms with Gasteiger partial charge in [-0.1, -0.05) is 39.3 Å². The molecule has 3 atom stereocenters. The Balaban J connectivity index is 2.16. The van der Waals surface area contributed by atoms with Gasteiger partial charge in [0.25, 0.3) is 0 Å². The van der Waals surface area contributed by atoms with Crippen LogP contribution in [0.5, 0.6) is 0 Å². The van der Waals surface area contributed by atoms with Gasteiger partial charge in [-0.2, -0.15) is 0 Å². The fraction of sp³-hybridized carbons (Fsp3) is 0.867. The van der Waals surface area contributed by atoms with E-state index in [9.17, 15) is 0 Å². The maximum Gasteiger partial charge on any atom is -0.0146 e. The summed E-state index contributed by atoms with van der Waals surface area (Å²) in [5.74, 6) is 0.858. The van der Waals surface area contributed by atoms with Crippen LogP contribution in [0, 0.1) is 22.2 Å². The van der Waals surface area contributed by atoms with Crippen molar-refractivity contribution in [2.75, 3.05) is 0 Å². The lowest BCUT2D eigenvalue weighted by Gasteiger charge is -2.55. The number of rotatable bonds is 0. The van der Waals surface area contributed by atoms with Crippen LogP contribution in [0.4, 0.5) is 0 Å². The SMILES string of the molecule is C=C1C[C@]23CC[C@H]1[C@@]2(C)CCCC3(C)C. The van der Waals surface area contributed by atoms with Crippen LogP contribution < -0.4 is 0 Å². The van der Waals surface area contributed by atoms with Crippen molar-refractivity contribution in [3.63, 3.8) is 0 Å². The predicted octanol–water partition coefficient (Wildman–Crippen LogP) is 4.56. The molecule has 3 saturated carbocycles. The lowest BCUT2D eigenvalue weighted by Crippen LogP contribution is -2.48. The first-order valence-corrected chi connectivity index (χ1v) is 6.61. The molecule has 0 N–H and O–H groups in total. The minimum absolute atomic E-state index is 0.550. The zero-order chi connectivity index (χ0) is 10.9. The summed E-state index contributed by atoms with van der Waals surface area (Å²) >= 11 is 0. The smallest absolute Gasteiger partial charge is 0.0146 e. The van der Waals surface area contributed by atoms with Gasteiger partial charge in [-0.25, -0.2) is 0 Å². The topological polar surface area (TPSA) is 0 Å². The molecule has 0 heterocycles. The van der Waals surface area contributed by atoms with Crippen molar-refractivity contribution in [3.8, 4) is 0 Å². The molecule has 0 amide bonds. The first kappa shape index (κ1) is 9.93. The molecule has 0 saturated heterocycles. The van der Waals surface area contributed by atoms with Gasteiger partial charge in [-0.3, -0.25) is 0 Å². The molecular formula is C15H24. The van der Waals surface area contributed by atoms with E-state index in [1.165, 1.54) is 38.5 Å². The van der Waals surface area contributed by atoms with Crippen molar-refractivity contribution < 1.29 is 0 Å². The van der Waals surface area contributed by atoms with Gasteiger partial charge in [0.2, 0.25) is 0 Å². The highest BCUT2D eigenvalue weighted by atomic mass is 14.7. The van der Waals surface area contributed by atoms with Crippen LogP contribution in [0.1, 0.15) is 59.3 Å². The summed E-state index contributed by atoms with van der Waals surface area (Å²) in [7, 11) is 0. The molecule has 3 aliphatic rings. The van der Waals surface area contributed by atoms with Gasteiger partial charge in [0.05, 0.1) is 0 Å². The van der Waals surface area contributed by atoms with Crippen molar-refractivity contribution in [1.29, 1.82) is 0 Å². The molecular weight excluding hydrogens is 180 g/mol. The Morgan fingerprint density at radius 2 is 1.87 bits per heavy atom. The lowest BCUT2D eigenvalue weighted by molar-refractivity contribution is -0.0674. The number of hydrogen-bond acceptors (Lipinski definition) is 0. The molecule has 2 bridgehead atoms. The van der Waals surface area contributed by atoms with E-state index < -0.39 is 0 Å². The summed E-state index contributed by atoms with van der Waals surface area (Å²) in [5, 5.41) is 0. The molecule has 0 spiro atoms. The molecule has 3 aliphatic carbocycles. The van der Waals surface area contributed by atoms with E-state index in [1.54, 1.807) is 5.57 Å². The fourth-order valence-electron chi connectivity index (χ4n) is 5.69. The first-order valence-electron chi connectivity index (χ1n) is 6.61. The third kappa shape index (κ3) is 0.867. The van der Waals surface area contributed by atoms with Gasteiger partial charge in [0.15, 0.2) is 0 Å². The van der Waals surface area contributed by atoms with Crippen LogP contribution in [-0.2, 0) is 0 Å². The highest BCUT2D eigenvalue weighted by Crippen LogP contribution is 2.77. The van der Waals surface area contributed by atoms with Crippen LogP contribution in [-0.4, -0.2) is 0 Å². The Bertz CT molecular complexity index is 325. The summed E-state index contributed by atoms with van der Waals surface area (Å²) in [5.41, 5.74) is 3.35. The number of allylic oxidation sites excluding steroid dienone is 1. The average molecular weight is 204 g/mol. The lowest BCUT2D eigenvalue weighted by atomic mass is 9.49. The highest BCUT2D eigenvalue weighted by molar-refractivity contribution is 5.30. The van der Waals surface area contributed by atoms with Crippen molar-refractivity contribution in [2.24, 2.45) is 22.2 Å². The van der Waals surface area contributed by atoms with E-state index in [-0.39, 0.29) is 0 Å². The van der Waals surface area contributed by atoms with E-state index in [0.717, 1.165) is 5.92 Å². The van der Waals surface area contributed by atoms with Crippen molar-refractivity contribution in [3.05, 3.63) is 12.2 Å². The Hall–Kier alpha value is -0.260. The summed E-state index contributed by atoms with van der Waals surface area (Å²) in [6.45, 7) is 12.0. The monoisotopic (exact) mass is 204 g/mol. The third-order valence-corrected chi connectivity index (χ3v) is 6.54. The average Bonchev–Trinajstić information content (AvgIpc) is 2.53. The van der Waals surface area contributed by atoms with E-state index in [0.29, 0.717) is 16.2 Å². The van der Waals surface area contributed by atoms with Crippen molar-refractivity contribution in [2.45, 2.75) is 59.3 Å². The van der Waals surface area contributed by atoms with Crippen LogP contribution in [0.25, 0.3) is 0 Å². The zero-order valence-corrected chi connectivity index (χ0v) is 10.5. The summed E-state index contributed by atoms with van der Waals surface area (Å²) in [6, 6.07) is 0. The van der Waals surface area contributed by atoms with E-state index >= 15 is 0 Å². The van der Waals surface area contributed by atoms with Crippen LogP contribution >= 0.6 is 0 Å². The van der Waals surface area contributed by atoms with E-state index in [1.807, 2.05) is 0 Å². The number of hydrogen-bond donors (Lipinski definition) is 0. The molecule has 0 aromatic rings. The van der Waals surface area contributed by atoms with Crippen LogP contribution in [0.15, 0.2) is 12.2 Å². The van der Waals surface area contributed by atoms with Crippen molar-refractivity contribution in [1.82, 2.24) is 0 Å². The first-order chi connectivity index (χ1) is 6.93. The molecule has 0 aromatic carbocycles. The molecule has 15 heavy (non-hydrogen) atoms. The van der Waals surface area contributed by atoms with Gasteiger partial charge < -0.3 is 0 Å². The molecule has 0 nitrogen and oxygen atoms in total. The second-order valence-electron chi connectivity index (χ2n) is 7.16. The second-order valence-corrected chi connectivity index (χ2v) is 7.16. The minimum Gasteiger partial charge on any atom is -0.0995 e. The van der Waals surface area contributed by atoms with Gasteiger partial charge in [0.1, 0.15) is 0 Å². The molecule has 0 unspecified atom stereocenters. The normalized spacial score (nSPS) is 51.9. The van der Waals surface area contributed by atoms with Crippen molar-refractivity contribution >= 4 is 0 Å². The van der Waals surface area contributed by atoms with Crippen LogP contribution in [0.2, 0.25) is 0 Å². The van der Waals surface area contributed by atoms with Gasteiger partial charge in [-0.05, 0) is 54.3 Å². The maximum absolute atomic E-state index is 4.37. The van der Waals surface area contributed by atoms with E-state index in [2.05, 4.69) is 27.4 Å². The largest absolute Gasteiger partial charge is 0.0995 e. The van der Waals surface area contributed by atoms with E-state index in [4.69, 9.17) is 0 Å². The molecule has 3 fully saturated rings. The molecule has 0 aromatic heterocycles. The minimum atomic E-state index is 0.550. The Morgan fingerprint density at radius 3 is 2.47 bits per heavy atom. The molecule has 0 aliphatic heterocycles. The quantitative estimate of drug-likeness (QED) is 0.507. The molecule has 84 valence electrons. The van der Waals surface area contributed by atoms with Gasteiger partial charge >= 0.3 is 0 Å². The third-order valence-electron chi connectivity index (χ3n) is 6.54. The Kier molecular flexibility index (Phi) is 1.67. The second kappa shape index (κ2) is 2.52. The van der Waals surface area contributed by atoms with Gasteiger partial charge in [-0.15, -0.1) is 0 Å². The fourth-order valence-corrected chi connectivity index (χ4v) is 5.69. The maximum atomic E-state index is 4.37. The highest BCUT2D eigenvalue weighted by Gasteiger charge is 2.68. The van der Waals surface area contributed by atoms with Gasteiger partial charge in [0, 0.05) is 0 Å². The molecule has 0 radical (unpaired) electrons. The predicted molar refractivity (Wildman–Crippen MR) is 64.7 cm³/mol. The Morgan fingerprint density at radius 1 is 1.13 bits per heavy atom. The summed E-state index contributed by atoms with van der Waals surface area (Å²) in [6.07, 6.45) is 8.57. The zero-order valence-electron chi connectivity index (χ0n) is 10.5. The molecule has 0 heteroatoms. The molecule has 3 rings (SSSR count). The summed E-state index contributed by atoms with van der Waals surface area (Å²) < 4.78 is 0.